The molecule has 1 aliphatic rings. The molecule has 2 N–H and O–H groups in total. The number of rotatable bonds is 7. The van der Waals surface area contributed by atoms with Crippen molar-refractivity contribution in [3.05, 3.63) is 47.0 Å². The van der Waals surface area contributed by atoms with Gasteiger partial charge in [-0.3, -0.25) is 4.90 Å². The standard InChI is InChI=1S/C19H25ClFN3O2/c1-13(10-14(2)23-15(3)22)16-11-19(18(21)12-17(16)20)26-9-6-24-4-7-25-8-5-24/h10-12H,3-9,22H2,1-2H3/b13-10+,23-14-. The van der Waals surface area contributed by atoms with E-state index >= 15 is 0 Å². The van der Waals surface area contributed by atoms with Crippen molar-refractivity contribution >= 4 is 22.9 Å². The molecule has 0 spiro atoms. The third-order valence-corrected chi connectivity index (χ3v) is 4.27. The van der Waals surface area contributed by atoms with E-state index in [2.05, 4.69) is 16.5 Å². The maximum Gasteiger partial charge on any atom is 0.166 e. The average molecular weight is 382 g/mol. The number of hydrogen-bond acceptors (Lipinski definition) is 5. The van der Waals surface area contributed by atoms with Gasteiger partial charge in [-0.05, 0) is 43.2 Å². The van der Waals surface area contributed by atoms with E-state index < -0.39 is 5.82 Å². The van der Waals surface area contributed by atoms with Gasteiger partial charge in [-0.15, -0.1) is 0 Å². The number of aliphatic imine (C=N–C) groups is 1. The highest BCUT2D eigenvalue weighted by Crippen LogP contribution is 2.30. The van der Waals surface area contributed by atoms with Crippen molar-refractivity contribution in [1.29, 1.82) is 0 Å². The molecule has 0 aromatic heterocycles. The van der Waals surface area contributed by atoms with Gasteiger partial charge in [-0.2, -0.15) is 0 Å². The molecule has 0 bridgehead atoms. The maximum absolute atomic E-state index is 14.2. The van der Waals surface area contributed by atoms with Gasteiger partial charge in [0, 0.05) is 25.3 Å². The fourth-order valence-corrected chi connectivity index (χ4v) is 3.00. The molecular weight excluding hydrogens is 357 g/mol. The summed E-state index contributed by atoms with van der Waals surface area (Å²) in [6.45, 7) is 11.5. The SMILES string of the molecule is C=C(N)/N=C(C)\C=C(/C)c1cc(OCCN2CCOCC2)c(F)cc1Cl. The van der Waals surface area contributed by atoms with Crippen LogP contribution in [0.5, 0.6) is 5.75 Å². The number of allylic oxidation sites excluding steroid dienone is 2. The summed E-state index contributed by atoms with van der Waals surface area (Å²) in [4.78, 5) is 6.30. The first kappa shape index (κ1) is 20.4. The summed E-state index contributed by atoms with van der Waals surface area (Å²) in [7, 11) is 0. The molecule has 0 saturated carbocycles. The Morgan fingerprint density at radius 2 is 2.12 bits per heavy atom. The average Bonchev–Trinajstić information content (AvgIpc) is 2.56. The quantitative estimate of drug-likeness (QED) is 0.734. The summed E-state index contributed by atoms with van der Waals surface area (Å²) in [5.41, 5.74) is 7.68. The van der Waals surface area contributed by atoms with Crippen LogP contribution >= 0.6 is 11.6 Å². The third-order valence-electron chi connectivity index (χ3n) is 3.96. The molecule has 1 aliphatic heterocycles. The van der Waals surface area contributed by atoms with Crippen LogP contribution in [0, 0.1) is 5.82 Å². The largest absolute Gasteiger partial charge is 0.489 e. The molecule has 2 rings (SSSR count). The molecule has 0 unspecified atom stereocenters. The fraction of sp³-hybridized carbons (Fsp3) is 0.421. The molecular formula is C19H25ClFN3O2. The minimum Gasteiger partial charge on any atom is -0.489 e. The van der Waals surface area contributed by atoms with E-state index in [0.717, 1.165) is 38.4 Å². The van der Waals surface area contributed by atoms with Crippen LogP contribution < -0.4 is 10.5 Å². The third kappa shape index (κ3) is 6.12. The lowest BCUT2D eigenvalue weighted by Gasteiger charge is -2.26. The summed E-state index contributed by atoms with van der Waals surface area (Å²) in [6, 6.07) is 2.89. The molecule has 5 nitrogen and oxygen atoms in total. The summed E-state index contributed by atoms with van der Waals surface area (Å²) >= 11 is 6.20. The zero-order chi connectivity index (χ0) is 19.1. The maximum atomic E-state index is 14.2. The van der Waals surface area contributed by atoms with Crippen molar-refractivity contribution in [2.45, 2.75) is 13.8 Å². The zero-order valence-corrected chi connectivity index (χ0v) is 16.0. The molecule has 1 aromatic carbocycles. The van der Waals surface area contributed by atoms with Crippen molar-refractivity contribution in [1.82, 2.24) is 4.90 Å². The van der Waals surface area contributed by atoms with E-state index in [4.69, 9.17) is 26.8 Å². The summed E-state index contributed by atoms with van der Waals surface area (Å²) in [6.07, 6.45) is 1.81. The Bertz CT molecular complexity index is 713. The van der Waals surface area contributed by atoms with Gasteiger partial charge in [0.25, 0.3) is 0 Å². The van der Waals surface area contributed by atoms with E-state index in [9.17, 15) is 4.39 Å². The van der Waals surface area contributed by atoms with Crippen molar-refractivity contribution in [3.63, 3.8) is 0 Å². The van der Waals surface area contributed by atoms with Crippen LogP contribution in [0.15, 0.2) is 35.6 Å². The minimum absolute atomic E-state index is 0.184. The zero-order valence-electron chi connectivity index (χ0n) is 15.2. The highest BCUT2D eigenvalue weighted by Gasteiger charge is 2.13. The molecule has 142 valence electrons. The van der Waals surface area contributed by atoms with Crippen molar-refractivity contribution in [2.24, 2.45) is 10.7 Å². The molecule has 7 heteroatoms. The number of hydrogen-bond donors (Lipinski definition) is 1. The highest BCUT2D eigenvalue weighted by molar-refractivity contribution is 6.32. The molecule has 0 radical (unpaired) electrons. The number of morpholine rings is 1. The highest BCUT2D eigenvalue weighted by atomic mass is 35.5. The second kappa shape index (κ2) is 9.71. The predicted molar refractivity (Wildman–Crippen MR) is 104 cm³/mol. The van der Waals surface area contributed by atoms with Crippen molar-refractivity contribution in [3.8, 4) is 5.75 Å². The number of benzene rings is 1. The molecule has 1 heterocycles. The summed E-state index contributed by atoms with van der Waals surface area (Å²) in [5.74, 6) is -0.0682. The second-order valence-corrected chi connectivity index (χ2v) is 6.54. The lowest BCUT2D eigenvalue weighted by Crippen LogP contribution is -2.38. The van der Waals surface area contributed by atoms with Crippen LogP contribution in [-0.4, -0.2) is 50.1 Å². The van der Waals surface area contributed by atoms with Crippen LogP contribution in [-0.2, 0) is 4.74 Å². The van der Waals surface area contributed by atoms with E-state index in [0.29, 0.717) is 22.9 Å². The molecule has 0 atom stereocenters. The molecule has 0 amide bonds. The van der Waals surface area contributed by atoms with E-state index in [1.807, 2.05) is 13.0 Å². The van der Waals surface area contributed by atoms with Gasteiger partial charge in [0.15, 0.2) is 11.6 Å². The van der Waals surface area contributed by atoms with E-state index in [-0.39, 0.29) is 11.6 Å². The van der Waals surface area contributed by atoms with Gasteiger partial charge >= 0.3 is 0 Å². The van der Waals surface area contributed by atoms with Gasteiger partial charge in [0.1, 0.15) is 12.4 Å². The van der Waals surface area contributed by atoms with Crippen LogP contribution in [0.4, 0.5) is 4.39 Å². The molecule has 1 aromatic rings. The first-order valence-corrected chi connectivity index (χ1v) is 8.85. The Labute approximate surface area is 158 Å². The van der Waals surface area contributed by atoms with Gasteiger partial charge in [0.05, 0.1) is 18.2 Å². The van der Waals surface area contributed by atoms with Crippen molar-refractivity contribution in [2.75, 3.05) is 39.5 Å². The number of ether oxygens (including phenoxy) is 2. The lowest BCUT2D eigenvalue weighted by atomic mass is 10.1. The summed E-state index contributed by atoms with van der Waals surface area (Å²) in [5, 5.41) is 0.316. The number of halogens is 2. The van der Waals surface area contributed by atoms with E-state index in [1.165, 1.54) is 6.07 Å². The number of nitrogens with two attached hydrogens (primary N) is 1. The fourth-order valence-electron chi connectivity index (χ4n) is 2.70. The van der Waals surface area contributed by atoms with Gasteiger partial charge in [-0.25, -0.2) is 9.38 Å². The van der Waals surface area contributed by atoms with Crippen molar-refractivity contribution < 1.29 is 13.9 Å². The lowest BCUT2D eigenvalue weighted by molar-refractivity contribution is 0.0320. The molecule has 26 heavy (non-hydrogen) atoms. The Kier molecular flexibility index (Phi) is 7.63. The van der Waals surface area contributed by atoms with Crippen LogP contribution in [0.2, 0.25) is 5.02 Å². The Balaban J connectivity index is 2.09. The monoisotopic (exact) mass is 381 g/mol. The topological polar surface area (TPSA) is 60.1 Å². The van der Waals surface area contributed by atoms with Gasteiger partial charge < -0.3 is 15.2 Å². The predicted octanol–water partition coefficient (Wildman–Crippen LogP) is 3.48. The first-order chi connectivity index (χ1) is 12.4. The Morgan fingerprint density at radius 3 is 2.77 bits per heavy atom. The van der Waals surface area contributed by atoms with Gasteiger partial charge in [-0.1, -0.05) is 18.2 Å². The van der Waals surface area contributed by atoms with E-state index in [1.54, 1.807) is 13.0 Å². The molecule has 1 saturated heterocycles. The summed E-state index contributed by atoms with van der Waals surface area (Å²) < 4.78 is 25.1. The number of nitrogens with zero attached hydrogens (tertiary/aromatic N) is 2. The molecule has 0 aliphatic carbocycles. The normalized spacial score (nSPS) is 16.6. The molecule has 1 fully saturated rings. The van der Waals surface area contributed by atoms with Crippen LogP contribution in [0.25, 0.3) is 5.57 Å². The van der Waals surface area contributed by atoms with Crippen LogP contribution in [0.1, 0.15) is 19.4 Å². The second-order valence-electron chi connectivity index (χ2n) is 6.14. The van der Waals surface area contributed by atoms with Crippen LogP contribution in [0.3, 0.4) is 0 Å². The minimum atomic E-state index is -0.478. The Morgan fingerprint density at radius 1 is 1.42 bits per heavy atom. The Hall–Kier alpha value is -1.89. The van der Waals surface area contributed by atoms with Gasteiger partial charge in [0.2, 0.25) is 0 Å². The first-order valence-electron chi connectivity index (χ1n) is 8.47. The smallest absolute Gasteiger partial charge is 0.166 e.